The molecule has 0 spiro atoms. The van der Waals surface area contributed by atoms with E-state index >= 15 is 0 Å². The third-order valence-corrected chi connectivity index (χ3v) is 1.43. The lowest BCUT2D eigenvalue weighted by molar-refractivity contribution is 0.191. The fourth-order valence-electron chi connectivity index (χ4n) is 0.977. The van der Waals surface area contributed by atoms with Crippen molar-refractivity contribution in [2.45, 2.75) is 27.2 Å². The first kappa shape index (κ1) is 9.70. The third kappa shape index (κ3) is 3.67. The molecule has 0 aromatic heterocycles. The summed E-state index contributed by atoms with van der Waals surface area (Å²) in [5, 5.41) is 0. The van der Waals surface area contributed by atoms with Crippen LogP contribution >= 0.6 is 0 Å². The summed E-state index contributed by atoms with van der Waals surface area (Å²) < 4.78 is 5.16. The average molecular weight is 142 g/mol. The standard InChI is InChI=1S/C7H12O.C2H6/c1-2-3-7-4-5-8-6-7;1-2/h2-3,7H,4-6H2,1H3;1-2H3/b3-2+;. The van der Waals surface area contributed by atoms with Crippen LogP contribution in [0.15, 0.2) is 12.2 Å². The molecule has 1 nitrogen and oxygen atoms in total. The molecule has 0 aromatic carbocycles. The molecule has 60 valence electrons. The summed E-state index contributed by atoms with van der Waals surface area (Å²) in [4.78, 5) is 0. The summed E-state index contributed by atoms with van der Waals surface area (Å²) in [5.41, 5.74) is 0. The monoisotopic (exact) mass is 142 g/mol. The van der Waals surface area contributed by atoms with Gasteiger partial charge in [0.05, 0.1) is 6.61 Å². The van der Waals surface area contributed by atoms with Crippen LogP contribution in [0.5, 0.6) is 0 Å². The minimum absolute atomic E-state index is 0.708. The molecular weight excluding hydrogens is 124 g/mol. The van der Waals surface area contributed by atoms with Gasteiger partial charge in [-0.25, -0.2) is 0 Å². The first-order valence-corrected chi connectivity index (χ1v) is 4.14. The van der Waals surface area contributed by atoms with Crippen molar-refractivity contribution in [2.75, 3.05) is 13.2 Å². The number of ether oxygens (including phenoxy) is 1. The van der Waals surface area contributed by atoms with Gasteiger partial charge >= 0.3 is 0 Å². The second-order valence-corrected chi connectivity index (χ2v) is 2.15. The second-order valence-electron chi connectivity index (χ2n) is 2.15. The molecule has 1 saturated heterocycles. The lowest BCUT2D eigenvalue weighted by Gasteiger charge is -1.94. The largest absolute Gasteiger partial charge is 0.381 e. The zero-order chi connectivity index (χ0) is 7.82. The molecule has 0 radical (unpaired) electrons. The molecule has 0 amide bonds. The number of rotatable bonds is 1. The van der Waals surface area contributed by atoms with E-state index in [4.69, 9.17) is 4.74 Å². The maximum Gasteiger partial charge on any atom is 0.0529 e. The summed E-state index contributed by atoms with van der Waals surface area (Å²) in [6.45, 7) is 7.94. The molecule has 0 N–H and O–H groups in total. The van der Waals surface area contributed by atoms with Crippen molar-refractivity contribution in [1.29, 1.82) is 0 Å². The highest BCUT2D eigenvalue weighted by Gasteiger charge is 2.10. The molecule has 1 unspecified atom stereocenters. The van der Waals surface area contributed by atoms with Gasteiger partial charge in [-0.05, 0) is 13.3 Å². The Kier molecular flexibility index (Phi) is 6.61. The van der Waals surface area contributed by atoms with E-state index in [1.807, 2.05) is 13.8 Å². The molecule has 0 bridgehead atoms. The fraction of sp³-hybridized carbons (Fsp3) is 0.778. The van der Waals surface area contributed by atoms with Crippen LogP contribution in [0.2, 0.25) is 0 Å². The van der Waals surface area contributed by atoms with Gasteiger partial charge in [0.25, 0.3) is 0 Å². The summed E-state index contributed by atoms with van der Waals surface area (Å²) in [5.74, 6) is 0.708. The Hall–Kier alpha value is -0.300. The molecule has 0 aromatic rings. The highest BCUT2D eigenvalue weighted by molar-refractivity contribution is 4.87. The molecule has 1 atom stereocenters. The quantitative estimate of drug-likeness (QED) is 0.511. The highest BCUT2D eigenvalue weighted by atomic mass is 16.5. The predicted octanol–water partition coefficient (Wildman–Crippen LogP) is 2.63. The molecule has 1 aliphatic heterocycles. The highest BCUT2D eigenvalue weighted by Crippen LogP contribution is 2.12. The van der Waals surface area contributed by atoms with Crippen LogP contribution in [0.4, 0.5) is 0 Å². The van der Waals surface area contributed by atoms with E-state index in [-0.39, 0.29) is 0 Å². The van der Waals surface area contributed by atoms with Gasteiger partial charge in [-0.3, -0.25) is 0 Å². The normalized spacial score (nSPS) is 24.5. The van der Waals surface area contributed by atoms with Gasteiger partial charge in [-0.2, -0.15) is 0 Å². The molecule has 1 heteroatoms. The summed E-state index contributed by atoms with van der Waals surface area (Å²) in [7, 11) is 0. The van der Waals surface area contributed by atoms with Crippen molar-refractivity contribution >= 4 is 0 Å². The van der Waals surface area contributed by atoms with Crippen molar-refractivity contribution in [3.63, 3.8) is 0 Å². The first-order chi connectivity index (χ1) is 4.93. The van der Waals surface area contributed by atoms with Gasteiger partial charge in [-0.15, -0.1) is 0 Å². The lowest BCUT2D eigenvalue weighted by Crippen LogP contribution is -1.91. The number of hydrogen-bond donors (Lipinski definition) is 0. The Labute approximate surface area is 64.1 Å². The van der Waals surface area contributed by atoms with E-state index in [1.165, 1.54) is 6.42 Å². The van der Waals surface area contributed by atoms with Gasteiger partial charge in [0.2, 0.25) is 0 Å². The molecule has 1 heterocycles. The zero-order valence-electron chi connectivity index (χ0n) is 7.26. The Morgan fingerprint density at radius 1 is 1.40 bits per heavy atom. The van der Waals surface area contributed by atoms with E-state index in [0.717, 1.165) is 13.2 Å². The number of allylic oxidation sites excluding steroid dienone is 1. The average Bonchev–Trinajstić information content (AvgIpc) is 2.46. The second kappa shape index (κ2) is 6.81. The SMILES string of the molecule is C/C=C/C1CCOC1.CC. The van der Waals surface area contributed by atoms with E-state index < -0.39 is 0 Å². The van der Waals surface area contributed by atoms with Crippen LogP contribution in [-0.4, -0.2) is 13.2 Å². The molecule has 1 fully saturated rings. The van der Waals surface area contributed by atoms with Crippen LogP contribution in [0.1, 0.15) is 27.2 Å². The molecule has 0 saturated carbocycles. The smallest absolute Gasteiger partial charge is 0.0529 e. The van der Waals surface area contributed by atoms with Gasteiger partial charge < -0.3 is 4.74 Å². The van der Waals surface area contributed by atoms with Crippen molar-refractivity contribution in [1.82, 2.24) is 0 Å². The predicted molar refractivity (Wildman–Crippen MR) is 45.1 cm³/mol. The van der Waals surface area contributed by atoms with E-state index in [1.54, 1.807) is 0 Å². The Morgan fingerprint density at radius 3 is 2.50 bits per heavy atom. The van der Waals surface area contributed by atoms with Crippen LogP contribution < -0.4 is 0 Å². The summed E-state index contributed by atoms with van der Waals surface area (Å²) >= 11 is 0. The van der Waals surface area contributed by atoms with Gasteiger partial charge in [0, 0.05) is 12.5 Å². The summed E-state index contributed by atoms with van der Waals surface area (Å²) in [6, 6.07) is 0. The van der Waals surface area contributed by atoms with Crippen molar-refractivity contribution in [2.24, 2.45) is 5.92 Å². The Balaban J connectivity index is 0.000000371. The Bertz CT molecular complexity index is 80.7. The first-order valence-electron chi connectivity index (χ1n) is 4.14. The van der Waals surface area contributed by atoms with E-state index in [0.29, 0.717) is 5.92 Å². The van der Waals surface area contributed by atoms with Crippen LogP contribution in [-0.2, 0) is 4.74 Å². The minimum atomic E-state index is 0.708. The van der Waals surface area contributed by atoms with E-state index in [2.05, 4.69) is 19.1 Å². The van der Waals surface area contributed by atoms with Gasteiger partial charge in [-0.1, -0.05) is 26.0 Å². The third-order valence-electron chi connectivity index (χ3n) is 1.43. The van der Waals surface area contributed by atoms with Gasteiger partial charge in [0.15, 0.2) is 0 Å². The number of hydrogen-bond acceptors (Lipinski definition) is 1. The molecule has 1 rings (SSSR count). The van der Waals surface area contributed by atoms with Crippen molar-refractivity contribution in [3.8, 4) is 0 Å². The van der Waals surface area contributed by atoms with E-state index in [9.17, 15) is 0 Å². The lowest BCUT2D eigenvalue weighted by atomic mass is 10.1. The Morgan fingerprint density at radius 2 is 2.10 bits per heavy atom. The van der Waals surface area contributed by atoms with Crippen molar-refractivity contribution in [3.05, 3.63) is 12.2 Å². The molecular formula is C9H18O. The molecule has 1 aliphatic rings. The summed E-state index contributed by atoms with van der Waals surface area (Å²) in [6.07, 6.45) is 5.52. The van der Waals surface area contributed by atoms with Crippen LogP contribution in [0, 0.1) is 5.92 Å². The molecule has 10 heavy (non-hydrogen) atoms. The molecule has 0 aliphatic carbocycles. The van der Waals surface area contributed by atoms with Crippen LogP contribution in [0.25, 0.3) is 0 Å². The maximum absolute atomic E-state index is 5.16. The fourth-order valence-corrected chi connectivity index (χ4v) is 0.977. The minimum Gasteiger partial charge on any atom is -0.381 e. The van der Waals surface area contributed by atoms with Crippen LogP contribution in [0.3, 0.4) is 0 Å². The van der Waals surface area contributed by atoms with Crippen molar-refractivity contribution < 1.29 is 4.74 Å². The topological polar surface area (TPSA) is 9.23 Å². The zero-order valence-corrected chi connectivity index (χ0v) is 7.26. The van der Waals surface area contributed by atoms with Gasteiger partial charge in [0.1, 0.15) is 0 Å². The maximum atomic E-state index is 5.16.